The maximum atomic E-state index is 13.0. The molecule has 0 saturated heterocycles. The van der Waals surface area contributed by atoms with Crippen LogP contribution in [0.3, 0.4) is 0 Å². The van der Waals surface area contributed by atoms with Crippen LogP contribution in [0.5, 0.6) is 0 Å². The van der Waals surface area contributed by atoms with E-state index in [0.717, 1.165) is 47.2 Å². The Morgan fingerprint density at radius 1 is 1.21 bits per heavy atom. The van der Waals surface area contributed by atoms with E-state index >= 15 is 0 Å². The van der Waals surface area contributed by atoms with E-state index in [0.29, 0.717) is 18.7 Å². The van der Waals surface area contributed by atoms with Crippen molar-refractivity contribution in [2.45, 2.75) is 46.2 Å². The van der Waals surface area contributed by atoms with E-state index in [4.69, 9.17) is 0 Å². The monoisotopic (exact) mass is 460 g/mol. The number of H-pyrrole nitrogens is 1. The van der Waals surface area contributed by atoms with Crippen molar-refractivity contribution in [1.29, 1.82) is 0 Å². The molecule has 0 unspecified atom stereocenters. The molecule has 1 aliphatic carbocycles. The number of hydrogen-bond donors (Lipinski definition) is 2. The summed E-state index contributed by atoms with van der Waals surface area (Å²) in [7, 11) is 0. The summed E-state index contributed by atoms with van der Waals surface area (Å²) in [5.41, 5.74) is 8.03. The number of hydrogen-bond acceptors (Lipinski definition) is 3. The first-order chi connectivity index (χ1) is 16.3. The van der Waals surface area contributed by atoms with Crippen molar-refractivity contribution in [3.8, 4) is 11.3 Å². The number of halogens is 1. The molecule has 2 aromatic carbocycles. The summed E-state index contributed by atoms with van der Waals surface area (Å²) in [5.74, 6) is -0.289. The minimum atomic E-state index is -0.593. The summed E-state index contributed by atoms with van der Waals surface area (Å²) in [4.78, 5) is 26.8. The van der Waals surface area contributed by atoms with Gasteiger partial charge in [-0.3, -0.25) is 14.7 Å². The van der Waals surface area contributed by atoms with Crippen molar-refractivity contribution in [2.24, 2.45) is 5.41 Å². The lowest BCUT2D eigenvalue weighted by Gasteiger charge is -2.29. The molecule has 1 aromatic heterocycles. The van der Waals surface area contributed by atoms with Crippen LogP contribution in [0.4, 0.5) is 4.39 Å². The molecule has 0 spiro atoms. The third-order valence-corrected chi connectivity index (χ3v) is 6.89. The molecule has 34 heavy (non-hydrogen) atoms. The summed E-state index contributed by atoms with van der Waals surface area (Å²) in [5, 5.41) is 10.4. The number of aromatic amines is 1. The van der Waals surface area contributed by atoms with Gasteiger partial charge in [-0.15, -0.1) is 0 Å². The minimum Gasteiger partial charge on any atom is -0.349 e. The number of benzene rings is 2. The molecule has 6 nitrogen and oxygen atoms in total. The van der Waals surface area contributed by atoms with Gasteiger partial charge in [0.15, 0.2) is 0 Å². The van der Waals surface area contributed by atoms with Crippen molar-refractivity contribution in [2.75, 3.05) is 13.2 Å². The molecule has 0 radical (unpaired) electrons. The number of carbonyl (C=O) groups is 2. The zero-order valence-corrected chi connectivity index (χ0v) is 19.6. The Morgan fingerprint density at radius 3 is 2.76 bits per heavy atom. The Balaban J connectivity index is 1.30. The van der Waals surface area contributed by atoms with Crippen LogP contribution in [0.1, 0.15) is 63.4 Å². The van der Waals surface area contributed by atoms with Crippen LogP contribution in [0, 0.1) is 5.41 Å². The second-order valence-corrected chi connectivity index (χ2v) is 10.0. The van der Waals surface area contributed by atoms with E-state index in [9.17, 15) is 14.0 Å². The lowest BCUT2D eigenvalue weighted by molar-refractivity contribution is 0.0766. The Bertz CT molecular complexity index is 1250. The van der Waals surface area contributed by atoms with E-state index in [1.165, 1.54) is 11.3 Å². The number of fused-ring (bicyclic) bond motifs is 2. The fraction of sp³-hybridized carbons (Fsp3) is 0.370. The molecular weight excluding hydrogens is 431 g/mol. The Hall–Kier alpha value is -3.48. The van der Waals surface area contributed by atoms with Crippen LogP contribution in [0.2, 0.25) is 0 Å². The number of nitrogens with one attached hydrogen (secondary N) is 2. The smallest absolute Gasteiger partial charge is 0.254 e. The highest BCUT2D eigenvalue weighted by atomic mass is 19.1. The average molecular weight is 461 g/mol. The van der Waals surface area contributed by atoms with E-state index in [2.05, 4.69) is 35.4 Å². The van der Waals surface area contributed by atoms with Crippen LogP contribution >= 0.6 is 0 Å². The molecule has 2 aliphatic rings. The molecule has 0 bridgehead atoms. The molecule has 176 valence electrons. The lowest BCUT2D eigenvalue weighted by Crippen LogP contribution is -2.25. The maximum absolute atomic E-state index is 13.0. The van der Waals surface area contributed by atoms with Gasteiger partial charge in [0.05, 0.1) is 5.69 Å². The maximum Gasteiger partial charge on any atom is 0.254 e. The van der Waals surface area contributed by atoms with Gasteiger partial charge in [-0.2, -0.15) is 5.10 Å². The van der Waals surface area contributed by atoms with Crippen LogP contribution in [0.25, 0.3) is 11.3 Å². The van der Waals surface area contributed by atoms with Gasteiger partial charge in [-0.1, -0.05) is 32.0 Å². The summed E-state index contributed by atoms with van der Waals surface area (Å²) < 4.78 is 12.3. The second kappa shape index (κ2) is 8.70. The number of aromatic nitrogens is 2. The average Bonchev–Trinajstić information content (AvgIpc) is 3.37. The minimum absolute atomic E-state index is 0.00216. The molecule has 0 saturated carbocycles. The Morgan fingerprint density at radius 2 is 2.00 bits per heavy atom. The van der Waals surface area contributed by atoms with Crippen LogP contribution in [0.15, 0.2) is 42.5 Å². The SMILES string of the molecule is CC1(C)CCc2c(-c3ccc4c(c3)CN(Cc3ccc(C(=O)NCCF)cc3)C4=O)n[nH]c2C1. The van der Waals surface area contributed by atoms with E-state index in [-0.39, 0.29) is 23.8 Å². The second-order valence-electron chi connectivity index (χ2n) is 10.0. The van der Waals surface area contributed by atoms with Crippen molar-refractivity contribution in [3.05, 3.63) is 76.0 Å². The lowest BCUT2D eigenvalue weighted by atomic mass is 9.76. The van der Waals surface area contributed by atoms with Crippen molar-refractivity contribution >= 4 is 11.8 Å². The normalized spacial score (nSPS) is 16.3. The van der Waals surface area contributed by atoms with Gasteiger partial charge >= 0.3 is 0 Å². The number of alkyl halides is 1. The van der Waals surface area contributed by atoms with Gasteiger partial charge in [-0.05, 0) is 60.1 Å². The standard InChI is InChI=1S/C27H29FN4O2/c1-27(2)10-9-22-23(14-27)30-31-24(22)19-7-8-21-20(13-19)16-32(26(21)34)15-17-3-5-18(6-4-17)25(33)29-12-11-28/h3-8,13H,9-12,14-16H2,1-2H3,(H,29,33)(H,30,31). The van der Waals surface area contributed by atoms with Crippen LogP contribution < -0.4 is 5.32 Å². The van der Waals surface area contributed by atoms with E-state index in [1.807, 2.05) is 29.2 Å². The van der Waals surface area contributed by atoms with Crippen molar-refractivity contribution in [1.82, 2.24) is 20.4 Å². The quantitative estimate of drug-likeness (QED) is 0.571. The first kappa shape index (κ1) is 22.3. The first-order valence-electron chi connectivity index (χ1n) is 11.8. The van der Waals surface area contributed by atoms with Crippen LogP contribution in [-0.4, -0.2) is 40.1 Å². The van der Waals surface area contributed by atoms with Gasteiger partial charge in [0.25, 0.3) is 11.8 Å². The van der Waals surface area contributed by atoms with Gasteiger partial charge in [0, 0.05) is 47.6 Å². The number of nitrogens with zero attached hydrogens (tertiary/aromatic N) is 2. The Kier molecular flexibility index (Phi) is 5.71. The molecule has 3 aromatic rings. The van der Waals surface area contributed by atoms with Gasteiger partial charge in [0.1, 0.15) is 6.67 Å². The topological polar surface area (TPSA) is 78.1 Å². The van der Waals surface area contributed by atoms with Crippen molar-refractivity contribution < 1.29 is 14.0 Å². The largest absolute Gasteiger partial charge is 0.349 e. The zero-order chi connectivity index (χ0) is 23.9. The molecule has 0 fully saturated rings. The predicted octanol–water partition coefficient (Wildman–Crippen LogP) is 4.45. The van der Waals surface area contributed by atoms with Gasteiger partial charge in [-0.25, -0.2) is 4.39 Å². The summed E-state index contributed by atoms with van der Waals surface area (Å²) in [6, 6.07) is 13.1. The fourth-order valence-corrected chi connectivity index (χ4v) is 4.99. The third kappa shape index (κ3) is 4.22. The zero-order valence-electron chi connectivity index (χ0n) is 19.6. The molecule has 1 aliphatic heterocycles. The molecule has 2 N–H and O–H groups in total. The number of carbonyl (C=O) groups excluding carboxylic acids is 2. The summed E-state index contributed by atoms with van der Waals surface area (Å²) in [6.07, 6.45) is 3.15. The molecule has 0 atom stereocenters. The molecular formula is C27H29FN4O2. The van der Waals surface area contributed by atoms with E-state index in [1.54, 1.807) is 12.1 Å². The highest BCUT2D eigenvalue weighted by Crippen LogP contribution is 2.38. The summed E-state index contributed by atoms with van der Waals surface area (Å²) in [6.45, 7) is 5.00. The third-order valence-electron chi connectivity index (χ3n) is 6.89. The van der Waals surface area contributed by atoms with Gasteiger partial charge < -0.3 is 10.2 Å². The number of amides is 2. The van der Waals surface area contributed by atoms with E-state index < -0.39 is 6.67 Å². The van der Waals surface area contributed by atoms with Crippen LogP contribution in [-0.2, 0) is 25.9 Å². The molecule has 2 heterocycles. The fourth-order valence-electron chi connectivity index (χ4n) is 4.99. The highest BCUT2D eigenvalue weighted by molar-refractivity contribution is 5.99. The van der Waals surface area contributed by atoms with Gasteiger partial charge in [0.2, 0.25) is 0 Å². The molecule has 5 rings (SSSR count). The molecule has 2 amide bonds. The first-order valence-corrected chi connectivity index (χ1v) is 11.8. The number of rotatable bonds is 6. The molecule has 7 heteroatoms. The highest BCUT2D eigenvalue weighted by Gasteiger charge is 2.31. The Labute approximate surface area is 198 Å². The predicted molar refractivity (Wildman–Crippen MR) is 128 cm³/mol. The summed E-state index contributed by atoms with van der Waals surface area (Å²) >= 11 is 0. The van der Waals surface area contributed by atoms with Crippen molar-refractivity contribution in [3.63, 3.8) is 0 Å².